The van der Waals surface area contributed by atoms with Crippen molar-refractivity contribution in [3.8, 4) is 0 Å². The molecule has 4 rings (SSSR count). The number of aryl methyl sites for hydroxylation is 3. The molecule has 180 valence electrons. The summed E-state index contributed by atoms with van der Waals surface area (Å²) in [6.45, 7) is 7.28. The lowest BCUT2D eigenvalue weighted by Crippen LogP contribution is -2.29. The van der Waals surface area contributed by atoms with Gasteiger partial charge in [-0.1, -0.05) is 41.2 Å². The van der Waals surface area contributed by atoms with Crippen LogP contribution in [0.3, 0.4) is 0 Å². The minimum Gasteiger partial charge on any atom is -0.507 e. The fourth-order valence-electron chi connectivity index (χ4n) is 4.00. The number of ketones is 1. The monoisotopic (exact) mass is 602 g/mol. The molecule has 1 aromatic heterocycles. The maximum Gasteiger partial charge on any atom is 0.350 e. The first kappa shape index (κ1) is 25.1. The largest absolute Gasteiger partial charge is 0.507 e. The van der Waals surface area contributed by atoms with Crippen LogP contribution in [0.25, 0.3) is 5.76 Å². The molecule has 1 aliphatic rings. The first-order valence-electron chi connectivity index (χ1n) is 10.9. The summed E-state index contributed by atoms with van der Waals surface area (Å²) >= 11 is 3.16. The third-order valence-electron chi connectivity index (χ3n) is 5.73. The van der Waals surface area contributed by atoms with Gasteiger partial charge < -0.3 is 9.84 Å². The number of Topliss-reactive ketones (excluding diaryl/α,β-unsaturated/α-hetero) is 1. The van der Waals surface area contributed by atoms with Crippen LogP contribution in [0.1, 0.15) is 50.6 Å². The van der Waals surface area contributed by atoms with Crippen molar-refractivity contribution in [2.24, 2.45) is 0 Å². The van der Waals surface area contributed by atoms with Gasteiger partial charge in [0.05, 0.1) is 23.9 Å². The van der Waals surface area contributed by atoms with Crippen molar-refractivity contribution in [1.82, 2.24) is 4.98 Å². The van der Waals surface area contributed by atoms with Gasteiger partial charge in [-0.05, 0) is 79.6 Å². The molecule has 2 aromatic carbocycles. The van der Waals surface area contributed by atoms with E-state index >= 15 is 0 Å². The fourth-order valence-corrected chi connectivity index (χ4v) is 5.34. The van der Waals surface area contributed by atoms with Crippen LogP contribution in [0.4, 0.5) is 5.13 Å². The summed E-state index contributed by atoms with van der Waals surface area (Å²) < 4.78 is 6.09. The average molecular weight is 602 g/mol. The third-order valence-corrected chi connectivity index (χ3v) is 7.59. The highest BCUT2D eigenvalue weighted by atomic mass is 127. The van der Waals surface area contributed by atoms with Gasteiger partial charge in [0.2, 0.25) is 0 Å². The maximum absolute atomic E-state index is 13.4. The number of benzene rings is 2. The van der Waals surface area contributed by atoms with Gasteiger partial charge in [-0.3, -0.25) is 14.5 Å². The van der Waals surface area contributed by atoms with E-state index in [1.54, 1.807) is 19.9 Å². The van der Waals surface area contributed by atoms with Gasteiger partial charge in [0.15, 0.2) is 5.13 Å². The summed E-state index contributed by atoms with van der Waals surface area (Å²) in [5.74, 6) is -2.40. The van der Waals surface area contributed by atoms with Gasteiger partial charge in [0, 0.05) is 9.13 Å². The Morgan fingerprint density at radius 2 is 1.83 bits per heavy atom. The number of aromatic nitrogens is 1. The summed E-state index contributed by atoms with van der Waals surface area (Å²) in [6, 6.07) is 12.0. The lowest BCUT2D eigenvalue weighted by atomic mass is 9.93. The molecule has 1 atom stereocenters. The zero-order chi connectivity index (χ0) is 25.4. The van der Waals surface area contributed by atoms with Crippen molar-refractivity contribution >= 4 is 62.5 Å². The van der Waals surface area contributed by atoms with Crippen molar-refractivity contribution < 1.29 is 24.2 Å². The van der Waals surface area contributed by atoms with E-state index in [0.29, 0.717) is 16.8 Å². The Labute approximate surface area is 220 Å². The Balaban J connectivity index is 1.94. The van der Waals surface area contributed by atoms with Crippen LogP contribution in [0.15, 0.2) is 48.0 Å². The minimum absolute atomic E-state index is 0.0181. The molecule has 0 radical (unpaired) electrons. The predicted molar refractivity (Wildman–Crippen MR) is 143 cm³/mol. The average Bonchev–Trinajstić information content (AvgIpc) is 3.33. The molecule has 0 bridgehead atoms. The van der Waals surface area contributed by atoms with Gasteiger partial charge in [-0.25, -0.2) is 9.78 Å². The summed E-state index contributed by atoms with van der Waals surface area (Å²) in [7, 11) is 0. The molecule has 1 fully saturated rings. The Hall–Kier alpha value is -3.05. The Morgan fingerprint density at radius 1 is 1.14 bits per heavy atom. The normalized spacial score (nSPS) is 17.2. The number of rotatable bonds is 5. The van der Waals surface area contributed by atoms with E-state index < -0.39 is 23.7 Å². The van der Waals surface area contributed by atoms with E-state index in [-0.39, 0.29) is 27.9 Å². The van der Waals surface area contributed by atoms with Crippen molar-refractivity contribution in [2.45, 2.75) is 33.7 Å². The second-order valence-corrected chi connectivity index (χ2v) is 10.4. The van der Waals surface area contributed by atoms with Gasteiger partial charge in [0.25, 0.3) is 5.78 Å². The molecule has 1 saturated heterocycles. The molecule has 9 heteroatoms. The Bertz CT molecular complexity index is 1380. The molecule has 1 unspecified atom stereocenters. The van der Waals surface area contributed by atoms with Crippen molar-refractivity contribution in [2.75, 3.05) is 11.5 Å². The number of esters is 1. The number of hydrogen-bond acceptors (Lipinski definition) is 7. The fraction of sp³-hybridized carbons (Fsp3) is 0.231. The van der Waals surface area contributed by atoms with Gasteiger partial charge in [-0.15, -0.1) is 0 Å². The molecule has 1 aliphatic heterocycles. The Kier molecular flexibility index (Phi) is 7.09. The number of thiazole rings is 1. The van der Waals surface area contributed by atoms with Crippen LogP contribution in [0, 0.1) is 24.3 Å². The number of amides is 1. The number of aliphatic hydroxyl groups is 1. The van der Waals surface area contributed by atoms with Crippen LogP contribution < -0.4 is 4.90 Å². The molecule has 0 saturated carbocycles. The Morgan fingerprint density at radius 3 is 2.49 bits per heavy atom. The van der Waals surface area contributed by atoms with Crippen LogP contribution in [0.5, 0.6) is 0 Å². The van der Waals surface area contributed by atoms with Crippen molar-refractivity contribution in [1.29, 1.82) is 0 Å². The number of carbonyl (C=O) groups is 3. The second kappa shape index (κ2) is 9.90. The SMILES string of the molecule is CCOC(=O)c1sc(N2C(=O)C(=O)C(=C(O)c3cc(C)ccc3C)C2c2ccc(I)cc2)nc1C. The van der Waals surface area contributed by atoms with E-state index in [4.69, 9.17) is 4.74 Å². The molecular formula is C26H23IN2O5S. The van der Waals surface area contributed by atoms with Crippen molar-refractivity contribution in [3.05, 3.63) is 84.4 Å². The van der Waals surface area contributed by atoms with E-state index in [1.165, 1.54) is 4.90 Å². The zero-order valence-corrected chi connectivity index (χ0v) is 22.6. The first-order chi connectivity index (χ1) is 16.6. The highest BCUT2D eigenvalue weighted by molar-refractivity contribution is 14.1. The molecule has 35 heavy (non-hydrogen) atoms. The van der Waals surface area contributed by atoms with E-state index in [9.17, 15) is 19.5 Å². The molecule has 7 nitrogen and oxygen atoms in total. The van der Waals surface area contributed by atoms with Crippen LogP contribution >= 0.6 is 33.9 Å². The van der Waals surface area contributed by atoms with Crippen LogP contribution in [-0.4, -0.2) is 34.4 Å². The topological polar surface area (TPSA) is 96.8 Å². The molecule has 2 heterocycles. The standard InChI is InChI=1S/C26H23IN2O5S/c1-5-34-25(33)23-15(4)28-26(35-23)29-20(16-8-10-17(27)11-9-16)19(22(31)24(29)32)21(30)18-12-13(2)6-7-14(18)3/h6-12,20,30H,5H2,1-4H3. The lowest BCUT2D eigenvalue weighted by Gasteiger charge is -2.23. The van der Waals surface area contributed by atoms with Gasteiger partial charge in [-0.2, -0.15) is 0 Å². The van der Waals surface area contributed by atoms with Gasteiger partial charge in [0.1, 0.15) is 10.6 Å². The number of aliphatic hydroxyl groups excluding tert-OH is 1. The number of carbonyl (C=O) groups excluding carboxylic acids is 3. The van der Waals surface area contributed by atoms with E-state index in [0.717, 1.165) is 26.0 Å². The highest BCUT2D eigenvalue weighted by Crippen LogP contribution is 2.44. The summed E-state index contributed by atoms with van der Waals surface area (Å²) in [5.41, 5.74) is 3.20. The number of nitrogens with zero attached hydrogens (tertiary/aromatic N) is 2. The molecule has 3 aromatic rings. The summed E-state index contributed by atoms with van der Waals surface area (Å²) in [6.07, 6.45) is 0. The quantitative estimate of drug-likeness (QED) is 0.137. The van der Waals surface area contributed by atoms with Gasteiger partial charge >= 0.3 is 11.9 Å². The van der Waals surface area contributed by atoms with Crippen LogP contribution in [-0.2, 0) is 14.3 Å². The number of hydrogen-bond donors (Lipinski definition) is 1. The molecule has 0 aliphatic carbocycles. The van der Waals surface area contributed by atoms with Crippen LogP contribution in [0.2, 0.25) is 0 Å². The first-order valence-corrected chi connectivity index (χ1v) is 12.8. The number of ether oxygens (including phenoxy) is 1. The molecule has 0 spiro atoms. The predicted octanol–water partition coefficient (Wildman–Crippen LogP) is 5.48. The second-order valence-electron chi connectivity index (χ2n) is 8.17. The van der Waals surface area contributed by atoms with E-state index in [2.05, 4.69) is 27.6 Å². The molecule has 1 amide bonds. The smallest absolute Gasteiger partial charge is 0.350 e. The number of halogens is 1. The van der Waals surface area contributed by atoms with Crippen molar-refractivity contribution in [3.63, 3.8) is 0 Å². The van der Waals surface area contributed by atoms with E-state index in [1.807, 2.05) is 50.2 Å². The number of anilines is 1. The maximum atomic E-state index is 13.4. The lowest BCUT2D eigenvalue weighted by molar-refractivity contribution is -0.132. The third kappa shape index (κ3) is 4.62. The minimum atomic E-state index is -0.910. The summed E-state index contributed by atoms with van der Waals surface area (Å²) in [4.78, 5) is 45.1. The molecular weight excluding hydrogens is 579 g/mol. The molecule has 1 N–H and O–H groups in total. The zero-order valence-electron chi connectivity index (χ0n) is 19.6. The highest BCUT2D eigenvalue weighted by Gasteiger charge is 2.48. The summed E-state index contributed by atoms with van der Waals surface area (Å²) in [5, 5.41) is 11.6.